The fourth-order valence-corrected chi connectivity index (χ4v) is 4.58. The van der Waals surface area contributed by atoms with Gasteiger partial charge in [0.2, 0.25) is 11.7 Å². The average Bonchev–Trinajstić information content (AvgIpc) is 3.09. The van der Waals surface area contributed by atoms with Gasteiger partial charge in [0.25, 0.3) is 0 Å². The van der Waals surface area contributed by atoms with Gasteiger partial charge in [-0.1, -0.05) is 27.7 Å². The number of hydrogen-bond donors (Lipinski definition) is 0. The summed E-state index contributed by atoms with van der Waals surface area (Å²) in [6.07, 6.45) is 4.35. The summed E-state index contributed by atoms with van der Waals surface area (Å²) >= 11 is 0. The van der Waals surface area contributed by atoms with Crippen molar-refractivity contribution in [3.63, 3.8) is 0 Å². The maximum atomic E-state index is 8.52. The number of quaternary nitrogens is 2. The van der Waals surface area contributed by atoms with Crippen LogP contribution < -0.4 is 0 Å². The molecular weight excluding hydrogens is 416 g/mol. The SMILES string of the molecule is CCC1=NC(C)=C(CC)[N+]1(C)CC.CCC1=NC(C)=C(CC)[N+]1(C)CC.O=S(=O)([O-])[O-]. The van der Waals surface area contributed by atoms with E-state index >= 15 is 0 Å². The Balaban J connectivity index is 0.000000479. The molecule has 2 unspecified atom stereocenters. The Labute approximate surface area is 189 Å². The molecule has 2 rings (SSSR count). The Kier molecular flexibility index (Phi) is 11.5. The molecule has 0 aliphatic carbocycles. The van der Waals surface area contributed by atoms with Crippen molar-refractivity contribution < 1.29 is 26.5 Å². The molecular formula is C22H42N4O4S. The highest BCUT2D eigenvalue weighted by molar-refractivity contribution is 7.79. The third kappa shape index (κ3) is 7.32. The number of hydrogen-bond acceptors (Lipinski definition) is 6. The lowest BCUT2D eigenvalue weighted by molar-refractivity contribution is -0.779. The highest BCUT2D eigenvalue weighted by Crippen LogP contribution is 2.31. The minimum atomic E-state index is -5.17. The first-order valence-electron chi connectivity index (χ1n) is 11.1. The van der Waals surface area contributed by atoms with Gasteiger partial charge in [0.15, 0.2) is 0 Å². The van der Waals surface area contributed by atoms with Crippen LogP contribution in [0.3, 0.4) is 0 Å². The topological polar surface area (TPSA) is 105 Å². The van der Waals surface area contributed by atoms with E-state index in [4.69, 9.17) is 17.5 Å². The van der Waals surface area contributed by atoms with Crippen LogP contribution in [0, 0.1) is 0 Å². The van der Waals surface area contributed by atoms with Crippen LogP contribution in [0.4, 0.5) is 0 Å². The van der Waals surface area contributed by atoms with Crippen LogP contribution >= 0.6 is 0 Å². The number of aliphatic imine (C=N–C) groups is 2. The lowest BCUT2D eigenvalue weighted by Gasteiger charge is -2.30. The fourth-order valence-electron chi connectivity index (χ4n) is 4.58. The van der Waals surface area contributed by atoms with Gasteiger partial charge in [0.1, 0.15) is 11.4 Å². The molecule has 0 N–H and O–H groups in total. The number of nitrogens with zero attached hydrogens (tertiary/aromatic N) is 4. The van der Waals surface area contributed by atoms with E-state index in [-0.39, 0.29) is 0 Å². The van der Waals surface area contributed by atoms with Crippen LogP contribution in [-0.2, 0) is 10.4 Å². The summed E-state index contributed by atoms with van der Waals surface area (Å²) in [5.74, 6) is 2.63. The second kappa shape index (κ2) is 12.0. The van der Waals surface area contributed by atoms with Crippen molar-refractivity contribution in [1.29, 1.82) is 0 Å². The number of rotatable bonds is 6. The van der Waals surface area contributed by atoms with E-state index < -0.39 is 10.4 Å². The van der Waals surface area contributed by atoms with Crippen molar-refractivity contribution >= 4 is 22.1 Å². The molecule has 0 aromatic heterocycles. The molecule has 0 radical (unpaired) electrons. The van der Waals surface area contributed by atoms with E-state index in [1.807, 2.05) is 0 Å². The van der Waals surface area contributed by atoms with E-state index in [9.17, 15) is 0 Å². The minimum absolute atomic E-state index is 0.957. The van der Waals surface area contributed by atoms with Crippen LogP contribution in [0.1, 0.15) is 81.1 Å². The normalized spacial score (nSPS) is 25.5. The maximum Gasteiger partial charge on any atom is 0.207 e. The van der Waals surface area contributed by atoms with Crippen LogP contribution in [0.5, 0.6) is 0 Å². The van der Waals surface area contributed by atoms with Gasteiger partial charge in [-0.3, -0.25) is 17.4 Å². The molecule has 0 saturated heterocycles. The molecule has 2 aliphatic heterocycles. The second-order valence-electron chi connectivity index (χ2n) is 7.96. The van der Waals surface area contributed by atoms with Crippen molar-refractivity contribution in [1.82, 2.24) is 0 Å². The van der Waals surface area contributed by atoms with Crippen molar-refractivity contribution in [2.45, 2.75) is 81.1 Å². The standard InChI is InChI=1S/2C11H21N2.H2O4S/c2*1-6-10-9(4)12-11(7-2)13(10,5)8-3;1-5(2,3)4/h2*6-8H2,1-5H3;(H2,1,2,3,4)/q2*+1;/p-2. The van der Waals surface area contributed by atoms with Crippen LogP contribution in [-0.4, -0.2) is 65.3 Å². The molecule has 0 aromatic rings. The molecule has 8 nitrogen and oxygen atoms in total. The van der Waals surface area contributed by atoms with E-state index in [0.29, 0.717) is 0 Å². The molecule has 0 bridgehead atoms. The lowest BCUT2D eigenvalue weighted by atomic mass is 10.2. The van der Waals surface area contributed by atoms with Crippen LogP contribution in [0.15, 0.2) is 32.8 Å². The zero-order chi connectivity index (χ0) is 24.6. The van der Waals surface area contributed by atoms with Gasteiger partial charge in [-0.05, 0) is 27.7 Å². The summed E-state index contributed by atoms with van der Waals surface area (Å²) in [5, 5.41) is 0. The van der Waals surface area contributed by atoms with Crippen LogP contribution in [0.2, 0.25) is 0 Å². The fraction of sp³-hybridized carbons (Fsp3) is 0.727. The Morgan fingerprint density at radius 1 is 0.677 bits per heavy atom. The largest absolute Gasteiger partial charge is 0.759 e. The highest BCUT2D eigenvalue weighted by atomic mass is 32.3. The van der Waals surface area contributed by atoms with Crippen LogP contribution in [0.25, 0.3) is 0 Å². The van der Waals surface area contributed by atoms with E-state index in [1.165, 1.54) is 34.5 Å². The molecule has 0 fully saturated rings. The second-order valence-corrected chi connectivity index (χ2v) is 8.77. The zero-order valence-corrected chi connectivity index (χ0v) is 21.9. The summed E-state index contributed by atoms with van der Waals surface area (Å²) < 4.78 is 36.0. The summed E-state index contributed by atoms with van der Waals surface area (Å²) in [5.41, 5.74) is 5.45. The molecule has 0 saturated carbocycles. The molecule has 0 aromatic carbocycles. The predicted molar refractivity (Wildman–Crippen MR) is 125 cm³/mol. The Hall–Kier alpha value is -1.39. The predicted octanol–water partition coefficient (Wildman–Crippen LogP) is 4.50. The van der Waals surface area contributed by atoms with E-state index in [1.54, 1.807) is 0 Å². The Morgan fingerprint density at radius 2 is 0.935 bits per heavy atom. The third-order valence-electron chi connectivity index (χ3n) is 6.33. The first kappa shape index (κ1) is 29.6. The van der Waals surface area contributed by atoms with Crippen molar-refractivity contribution in [2.75, 3.05) is 27.2 Å². The van der Waals surface area contributed by atoms with Crippen molar-refractivity contribution in [3.05, 3.63) is 22.8 Å². The van der Waals surface area contributed by atoms with Crippen molar-refractivity contribution in [2.24, 2.45) is 9.98 Å². The highest BCUT2D eigenvalue weighted by Gasteiger charge is 2.37. The first-order valence-corrected chi connectivity index (χ1v) is 12.5. The number of amidine groups is 2. The molecule has 0 spiro atoms. The van der Waals surface area contributed by atoms with Gasteiger partial charge in [0.05, 0.1) is 38.6 Å². The quantitative estimate of drug-likeness (QED) is 0.332. The van der Waals surface area contributed by atoms with Crippen molar-refractivity contribution in [3.8, 4) is 0 Å². The summed E-state index contributed by atoms with van der Waals surface area (Å²) in [4.78, 5) is 9.30. The van der Waals surface area contributed by atoms with Gasteiger partial charge in [0, 0.05) is 36.1 Å². The van der Waals surface area contributed by atoms with Gasteiger partial charge in [-0.15, -0.1) is 0 Å². The zero-order valence-electron chi connectivity index (χ0n) is 21.1. The summed E-state index contributed by atoms with van der Waals surface area (Å²) in [6.45, 7) is 19.8. The van der Waals surface area contributed by atoms with E-state index in [2.05, 4.69) is 79.5 Å². The average molecular weight is 459 g/mol. The van der Waals surface area contributed by atoms with E-state index in [0.717, 1.165) is 47.7 Å². The van der Waals surface area contributed by atoms with Gasteiger partial charge >= 0.3 is 0 Å². The Bertz CT molecular complexity index is 795. The molecule has 0 amide bonds. The molecule has 2 atom stereocenters. The third-order valence-corrected chi connectivity index (χ3v) is 6.33. The first-order chi connectivity index (χ1) is 14.2. The Morgan fingerprint density at radius 3 is 1.10 bits per heavy atom. The monoisotopic (exact) mass is 458 g/mol. The number of allylic oxidation sites excluding steroid dienone is 4. The van der Waals surface area contributed by atoms with Gasteiger partial charge < -0.3 is 9.11 Å². The van der Waals surface area contributed by atoms with Gasteiger partial charge in [-0.2, -0.15) is 9.98 Å². The molecule has 2 aliphatic rings. The molecule has 9 heteroatoms. The summed E-state index contributed by atoms with van der Waals surface area (Å²) in [7, 11) is -0.616. The summed E-state index contributed by atoms with van der Waals surface area (Å²) in [6, 6.07) is 0. The van der Waals surface area contributed by atoms with Gasteiger partial charge in [-0.25, -0.2) is 0 Å². The molecule has 2 heterocycles. The minimum Gasteiger partial charge on any atom is -0.759 e. The smallest absolute Gasteiger partial charge is 0.207 e. The molecule has 31 heavy (non-hydrogen) atoms. The maximum absolute atomic E-state index is 8.52. The lowest BCUT2D eigenvalue weighted by Crippen LogP contribution is -2.45. The molecule has 180 valence electrons.